The number of nitrogens with one attached hydrogen (secondary N) is 1. The van der Waals surface area contributed by atoms with Crippen molar-refractivity contribution in [3.05, 3.63) is 59.7 Å². The molecule has 0 bridgehead atoms. The Kier molecular flexibility index (Phi) is 7.20. The molecular weight excluding hydrogens is 404 g/mol. The van der Waals surface area contributed by atoms with E-state index in [1.807, 2.05) is 36.1 Å². The Morgan fingerprint density at radius 2 is 1.77 bits per heavy atom. The summed E-state index contributed by atoms with van der Waals surface area (Å²) in [4.78, 5) is 14.4. The van der Waals surface area contributed by atoms with Gasteiger partial charge in [0.25, 0.3) is 5.91 Å². The Morgan fingerprint density at radius 1 is 1.10 bits per heavy atom. The van der Waals surface area contributed by atoms with E-state index in [1.165, 1.54) is 10.5 Å². The molecule has 0 saturated carbocycles. The van der Waals surface area contributed by atoms with E-state index >= 15 is 0 Å². The first kappa shape index (κ1) is 21.9. The average Bonchev–Trinajstić information content (AvgIpc) is 2.75. The summed E-state index contributed by atoms with van der Waals surface area (Å²) in [5.41, 5.74) is 4.28. The van der Waals surface area contributed by atoms with Crippen molar-refractivity contribution < 1.29 is 17.9 Å². The molecule has 0 unspecified atom stereocenters. The standard InChI is InChI=1S/C21H26N4O4S/c1-17-7-9-19(10-8-17)30(27,28)25-13-11-24(12-14-25)16-21(26)23-22-15-18-5-3-4-6-20(18)29-2/h3-10,15H,11-14,16H2,1-2H3,(H,23,26)/b22-15-. The largest absolute Gasteiger partial charge is 0.496 e. The van der Waals surface area contributed by atoms with Crippen molar-refractivity contribution in [3.63, 3.8) is 0 Å². The Hall–Kier alpha value is -2.75. The number of hydrazone groups is 1. The van der Waals surface area contributed by atoms with Gasteiger partial charge in [-0.25, -0.2) is 13.8 Å². The van der Waals surface area contributed by atoms with Gasteiger partial charge in [-0.3, -0.25) is 9.69 Å². The van der Waals surface area contributed by atoms with Crippen LogP contribution in [-0.2, 0) is 14.8 Å². The number of nitrogens with zero attached hydrogens (tertiary/aromatic N) is 3. The minimum atomic E-state index is -3.51. The summed E-state index contributed by atoms with van der Waals surface area (Å²) in [6.45, 7) is 3.72. The van der Waals surface area contributed by atoms with Gasteiger partial charge in [-0.15, -0.1) is 0 Å². The van der Waals surface area contributed by atoms with Crippen molar-refractivity contribution in [3.8, 4) is 5.75 Å². The summed E-state index contributed by atoms with van der Waals surface area (Å²) in [5, 5.41) is 3.98. The van der Waals surface area contributed by atoms with E-state index in [-0.39, 0.29) is 12.5 Å². The number of amides is 1. The monoisotopic (exact) mass is 430 g/mol. The van der Waals surface area contributed by atoms with Crippen molar-refractivity contribution in [1.82, 2.24) is 14.6 Å². The lowest BCUT2D eigenvalue weighted by atomic mass is 10.2. The lowest BCUT2D eigenvalue weighted by Gasteiger charge is -2.33. The van der Waals surface area contributed by atoms with Crippen LogP contribution in [0.4, 0.5) is 0 Å². The fourth-order valence-corrected chi connectivity index (χ4v) is 4.59. The van der Waals surface area contributed by atoms with Crippen molar-refractivity contribution in [2.45, 2.75) is 11.8 Å². The Balaban J connectivity index is 1.49. The lowest BCUT2D eigenvalue weighted by molar-refractivity contribution is -0.122. The van der Waals surface area contributed by atoms with Gasteiger partial charge in [0.15, 0.2) is 0 Å². The third kappa shape index (κ3) is 5.44. The van der Waals surface area contributed by atoms with Crippen LogP contribution in [0, 0.1) is 6.92 Å². The van der Waals surface area contributed by atoms with Gasteiger partial charge >= 0.3 is 0 Å². The number of methoxy groups -OCH3 is 1. The molecule has 1 aliphatic rings. The highest BCUT2D eigenvalue weighted by Crippen LogP contribution is 2.18. The third-order valence-corrected chi connectivity index (χ3v) is 6.80. The van der Waals surface area contributed by atoms with Crippen molar-refractivity contribution in [2.75, 3.05) is 39.8 Å². The summed E-state index contributed by atoms with van der Waals surface area (Å²) in [5.74, 6) is 0.414. The van der Waals surface area contributed by atoms with Gasteiger partial charge in [-0.1, -0.05) is 29.8 Å². The number of benzene rings is 2. The van der Waals surface area contributed by atoms with Crippen molar-refractivity contribution >= 4 is 22.1 Å². The topological polar surface area (TPSA) is 91.3 Å². The smallest absolute Gasteiger partial charge is 0.254 e. The molecule has 1 amide bonds. The number of carbonyl (C=O) groups excluding carboxylic acids is 1. The van der Waals surface area contributed by atoms with Crippen LogP contribution in [0.15, 0.2) is 58.5 Å². The normalized spacial score (nSPS) is 15.9. The number of ether oxygens (including phenoxy) is 1. The number of hydrogen-bond acceptors (Lipinski definition) is 6. The molecule has 1 heterocycles. The minimum Gasteiger partial charge on any atom is -0.496 e. The van der Waals surface area contributed by atoms with Crippen LogP contribution in [0.2, 0.25) is 0 Å². The summed E-state index contributed by atoms with van der Waals surface area (Å²) in [6, 6.07) is 14.2. The number of carbonyl (C=O) groups is 1. The molecule has 3 rings (SSSR count). The SMILES string of the molecule is COc1ccccc1/C=N\NC(=O)CN1CCN(S(=O)(=O)c2ccc(C)cc2)CC1. The second-order valence-electron chi connectivity index (χ2n) is 7.03. The zero-order valence-electron chi connectivity index (χ0n) is 17.1. The summed E-state index contributed by atoms with van der Waals surface area (Å²) >= 11 is 0. The maximum absolute atomic E-state index is 12.8. The first-order chi connectivity index (χ1) is 14.4. The molecule has 2 aromatic carbocycles. The van der Waals surface area contributed by atoms with Crippen molar-refractivity contribution in [2.24, 2.45) is 5.10 Å². The molecule has 0 spiro atoms. The zero-order valence-corrected chi connectivity index (χ0v) is 17.9. The van der Waals surface area contributed by atoms with Crippen LogP contribution in [0.5, 0.6) is 5.75 Å². The molecule has 2 aromatic rings. The maximum Gasteiger partial charge on any atom is 0.254 e. The number of rotatable bonds is 7. The molecule has 1 saturated heterocycles. The highest BCUT2D eigenvalue weighted by molar-refractivity contribution is 7.89. The molecule has 9 heteroatoms. The van der Waals surface area contributed by atoms with Gasteiger partial charge in [0.2, 0.25) is 10.0 Å². The van der Waals surface area contributed by atoms with Crippen LogP contribution in [0.3, 0.4) is 0 Å². The number of hydrogen-bond donors (Lipinski definition) is 1. The maximum atomic E-state index is 12.8. The summed E-state index contributed by atoms with van der Waals surface area (Å²) < 4.78 is 32.2. The molecule has 0 atom stereocenters. The molecule has 0 aliphatic carbocycles. The van der Waals surface area contributed by atoms with E-state index in [9.17, 15) is 13.2 Å². The van der Waals surface area contributed by atoms with Crippen LogP contribution in [0.25, 0.3) is 0 Å². The van der Waals surface area contributed by atoms with Crippen LogP contribution >= 0.6 is 0 Å². The van der Waals surface area contributed by atoms with E-state index < -0.39 is 10.0 Å². The fraction of sp³-hybridized carbons (Fsp3) is 0.333. The third-order valence-electron chi connectivity index (χ3n) is 4.89. The number of aryl methyl sites for hydroxylation is 1. The van der Waals surface area contributed by atoms with Gasteiger partial charge in [0.05, 0.1) is 24.8 Å². The van der Waals surface area contributed by atoms with E-state index in [4.69, 9.17) is 4.74 Å². The van der Waals surface area contributed by atoms with E-state index in [2.05, 4.69) is 10.5 Å². The highest BCUT2D eigenvalue weighted by Gasteiger charge is 2.28. The molecule has 0 aromatic heterocycles. The van der Waals surface area contributed by atoms with Gasteiger partial charge in [0, 0.05) is 31.7 Å². The average molecular weight is 431 g/mol. The number of para-hydroxylation sites is 1. The molecule has 1 fully saturated rings. The lowest BCUT2D eigenvalue weighted by Crippen LogP contribution is -2.50. The Morgan fingerprint density at radius 3 is 2.43 bits per heavy atom. The Bertz CT molecular complexity index is 998. The molecule has 1 N–H and O–H groups in total. The van der Waals surface area contributed by atoms with E-state index in [0.29, 0.717) is 36.8 Å². The van der Waals surface area contributed by atoms with Crippen LogP contribution in [-0.4, -0.2) is 69.6 Å². The second-order valence-corrected chi connectivity index (χ2v) is 8.97. The molecular formula is C21H26N4O4S. The predicted molar refractivity (Wildman–Crippen MR) is 115 cm³/mol. The van der Waals surface area contributed by atoms with Crippen LogP contribution in [0.1, 0.15) is 11.1 Å². The quantitative estimate of drug-likeness (QED) is 0.531. The zero-order chi connectivity index (χ0) is 21.6. The first-order valence-electron chi connectivity index (χ1n) is 9.64. The van der Waals surface area contributed by atoms with Gasteiger partial charge < -0.3 is 4.74 Å². The van der Waals surface area contributed by atoms with Gasteiger partial charge in [-0.2, -0.15) is 9.41 Å². The molecule has 160 valence electrons. The first-order valence-corrected chi connectivity index (χ1v) is 11.1. The van der Waals surface area contributed by atoms with Crippen molar-refractivity contribution in [1.29, 1.82) is 0 Å². The molecule has 30 heavy (non-hydrogen) atoms. The second kappa shape index (κ2) is 9.84. The molecule has 1 aliphatic heterocycles. The number of piperazine rings is 1. The number of sulfonamides is 1. The van der Waals surface area contributed by atoms with Gasteiger partial charge in [-0.05, 0) is 31.2 Å². The summed E-state index contributed by atoms with van der Waals surface area (Å²) in [7, 11) is -1.94. The van der Waals surface area contributed by atoms with E-state index in [0.717, 1.165) is 11.1 Å². The summed E-state index contributed by atoms with van der Waals surface area (Å²) in [6.07, 6.45) is 1.53. The predicted octanol–water partition coefficient (Wildman–Crippen LogP) is 1.46. The van der Waals surface area contributed by atoms with Gasteiger partial charge in [0.1, 0.15) is 5.75 Å². The highest BCUT2D eigenvalue weighted by atomic mass is 32.2. The van der Waals surface area contributed by atoms with Crippen LogP contribution < -0.4 is 10.2 Å². The molecule has 0 radical (unpaired) electrons. The molecule has 8 nitrogen and oxygen atoms in total. The fourth-order valence-electron chi connectivity index (χ4n) is 3.17. The van der Waals surface area contributed by atoms with E-state index in [1.54, 1.807) is 31.4 Å². The minimum absolute atomic E-state index is 0.154. The Labute approximate surface area is 177 Å².